The van der Waals surface area contributed by atoms with Gasteiger partial charge in [0.2, 0.25) is 0 Å². The van der Waals surface area contributed by atoms with E-state index in [4.69, 9.17) is 16.3 Å². The van der Waals surface area contributed by atoms with Crippen LogP contribution in [0.25, 0.3) is 0 Å². The molecule has 0 bridgehead atoms. The van der Waals surface area contributed by atoms with Crippen molar-refractivity contribution in [2.75, 3.05) is 0 Å². The zero-order chi connectivity index (χ0) is 13.8. The average molecular weight is 408 g/mol. The van der Waals surface area contributed by atoms with Gasteiger partial charge in [0.05, 0.1) is 9.50 Å². The average Bonchev–Trinajstić information content (AvgIpc) is 2.41. The number of para-hydroxylation sites is 1. The molecule has 0 spiro atoms. The van der Waals surface area contributed by atoms with E-state index in [9.17, 15) is 4.39 Å². The topological polar surface area (TPSA) is 9.23 Å². The van der Waals surface area contributed by atoms with Crippen molar-refractivity contribution >= 4 is 43.5 Å². The second kappa shape index (κ2) is 6.73. The maximum Gasteiger partial charge on any atom is 0.148 e. The lowest BCUT2D eigenvalue weighted by Crippen LogP contribution is -2.01. The summed E-state index contributed by atoms with van der Waals surface area (Å²) in [5.74, 6) is 0.273. The molecule has 0 heterocycles. The van der Waals surface area contributed by atoms with Gasteiger partial charge in [0.1, 0.15) is 18.2 Å². The first-order valence-electron chi connectivity index (χ1n) is 5.52. The van der Waals surface area contributed by atoms with Crippen molar-refractivity contribution in [3.05, 3.63) is 62.8 Å². The summed E-state index contributed by atoms with van der Waals surface area (Å²) in [7, 11) is 0. The molecule has 0 saturated carbocycles. The highest BCUT2D eigenvalue weighted by Crippen LogP contribution is 2.31. The van der Waals surface area contributed by atoms with Gasteiger partial charge in [-0.15, -0.1) is 0 Å². The normalized spacial score (nSPS) is 10.5. The van der Waals surface area contributed by atoms with Crippen LogP contribution in [0.5, 0.6) is 5.75 Å². The highest BCUT2D eigenvalue weighted by atomic mass is 79.9. The Kier molecular flexibility index (Phi) is 5.25. The Balaban J connectivity index is 2.21. The molecule has 2 aromatic carbocycles. The van der Waals surface area contributed by atoms with E-state index >= 15 is 0 Å². The monoisotopic (exact) mass is 406 g/mol. The zero-order valence-electron chi connectivity index (χ0n) is 9.80. The van der Waals surface area contributed by atoms with Crippen molar-refractivity contribution in [1.82, 2.24) is 0 Å². The lowest BCUT2D eigenvalue weighted by atomic mass is 10.2. The zero-order valence-corrected chi connectivity index (χ0v) is 13.7. The molecule has 0 fully saturated rings. The van der Waals surface area contributed by atoms with E-state index in [0.717, 1.165) is 10.0 Å². The lowest BCUT2D eigenvalue weighted by molar-refractivity contribution is 0.296. The van der Waals surface area contributed by atoms with Gasteiger partial charge in [-0.3, -0.25) is 0 Å². The SMILES string of the molecule is Fc1c(Cl)cccc1COc1c(Br)cccc1CBr. The van der Waals surface area contributed by atoms with Crippen LogP contribution in [0.4, 0.5) is 4.39 Å². The quantitative estimate of drug-likeness (QED) is 0.589. The predicted molar refractivity (Wildman–Crippen MR) is 82.5 cm³/mol. The Morgan fingerprint density at radius 3 is 2.53 bits per heavy atom. The molecule has 1 nitrogen and oxygen atoms in total. The second-order valence-corrected chi connectivity index (χ2v) is 5.69. The number of halogens is 4. The fourth-order valence-electron chi connectivity index (χ4n) is 1.63. The van der Waals surface area contributed by atoms with E-state index in [1.807, 2.05) is 18.2 Å². The molecule has 0 saturated heterocycles. The molecule has 5 heteroatoms. The summed E-state index contributed by atoms with van der Waals surface area (Å²) in [6, 6.07) is 10.6. The van der Waals surface area contributed by atoms with Gasteiger partial charge in [0, 0.05) is 16.5 Å². The summed E-state index contributed by atoms with van der Waals surface area (Å²) in [6.45, 7) is 0.134. The van der Waals surface area contributed by atoms with Crippen LogP contribution < -0.4 is 4.74 Å². The number of hydrogen-bond donors (Lipinski definition) is 0. The van der Waals surface area contributed by atoms with Crippen molar-refractivity contribution in [3.63, 3.8) is 0 Å². The minimum Gasteiger partial charge on any atom is -0.487 e. The van der Waals surface area contributed by atoms with Crippen LogP contribution in [-0.2, 0) is 11.9 Å². The van der Waals surface area contributed by atoms with Crippen LogP contribution in [0.1, 0.15) is 11.1 Å². The van der Waals surface area contributed by atoms with Gasteiger partial charge in [-0.05, 0) is 28.1 Å². The van der Waals surface area contributed by atoms with Crippen LogP contribution in [0.2, 0.25) is 5.02 Å². The number of alkyl halides is 1. The number of benzene rings is 2. The van der Waals surface area contributed by atoms with E-state index in [2.05, 4.69) is 31.9 Å². The molecule has 0 amide bonds. The first kappa shape index (κ1) is 14.8. The Morgan fingerprint density at radius 2 is 1.79 bits per heavy atom. The van der Waals surface area contributed by atoms with E-state index in [0.29, 0.717) is 16.6 Å². The molecular weight excluding hydrogens is 398 g/mol. The molecule has 19 heavy (non-hydrogen) atoms. The van der Waals surface area contributed by atoms with E-state index < -0.39 is 5.82 Å². The van der Waals surface area contributed by atoms with Crippen LogP contribution >= 0.6 is 43.5 Å². The summed E-state index contributed by atoms with van der Waals surface area (Å²) < 4.78 is 20.3. The third-order valence-electron chi connectivity index (χ3n) is 2.60. The van der Waals surface area contributed by atoms with Crippen LogP contribution in [0.3, 0.4) is 0 Å². The van der Waals surface area contributed by atoms with Crippen molar-refractivity contribution in [1.29, 1.82) is 0 Å². The lowest BCUT2D eigenvalue weighted by Gasteiger charge is -2.12. The Hall–Kier alpha value is -0.580. The van der Waals surface area contributed by atoms with Gasteiger partial charge in [-0.1, -0.05) is 51.8 Å². The van der Waals surface area contributed by atoms with Crippen molar-refractivity contribution < 1.29 is 9.13 Å². The standard InChI is InChI=1S/C14H10Br2ClFO/c15-7-9-3-1-5-11(16)14(9)19-8-10-4-2-6-12(17)13(10)18/h1-6H,7-8H2. The minimum absolute atomic E-state index is 0.106. The second-order valence-electron chi connectivity index (χ2n) is 3.86. The molecular formula is C14H10Br2ClFO. The summed E-state index contributed by atoms with van der Waals surface area (Å²) in [5.41, 5.74) is 1.43. The summed E-state index contributed by atoms with van der Waals surface area (Å²) in [6.07, 6.45) is 0. The molecule has 0 aliphatic heterocycles. The number of rotatable bonds is 4. The van der Waals surface area contributed by atoms with Crippen molar-refractivity contribution in [2.45, 2.75) is 11.9 Å². The molecule has 0 aliphatic carbocycles. The highest BCUT2D eigenvalue weighted by molar-refractivity contribution is 9.10. The minimum atomic E-state index is -0.434. The summed E-state index contributed by atoms with van der Waals surface area (Å²) in [5, 5.41) is 0.772. The van der Waals surface area contributed by atoms with Gasteiger partial charge in [-0.25, -0.2) is 4.39 Å². The maximum atomic E-state index is 13.8. The van der Waals surface area contributed by atoms with Gasteiger partial charge in [-0.2, -0.15) is 0 Å². The first-order valence-corrected chi connectivity index (χ1v) is 7.81. The van der Waals surface area contributed by atoms with Crippen LogP contribution in [0, 0.1) is 5.82 Å². The molecule has 0 N–H and O–H groups in total. The fourth-order valence-corrected chi connectivity index (χ4v) is 2.79. The largest absolute Gasteiger partial charge is 0.487 e. The molecule has 0 aromatic heterocycles. The molecule has 0 aliphatic rings. The molecule has 2 rings (SSSR count). The number of ether oxygens (including phenoxy) is 1. The van der Waals surface area contributed by atoms with Crippen molar-refractivity contribution in [2.24, 2.45) is 0 Å². The highest BCUT2D eigenvalue weighted by Gasteiger charge is 2.10. The number of hydrogen-bond acceptors (Lipinski definition) is 1. The predicted octanol–water partition coefficient (Wildman–Crippen LogP) is 5.72. The Morgan fingerprint density at radius 1 is 1.11 bits per heavy atom. The Bertz CT molecular complexity index is 590. The fraction of sp³-hybridized carbons (Fsp3) is 0.143. The molecule has 0 radical (unpaired) electrons. The summed E-state index contributed by atoms with van der Waals surface area (Å²) >= 11 is 12.6. The third kappa shape index (κ3) is 3.50. The molecule has 100 valence electrons. The summed E-state index contributed by atoms with van der Waals surface area (Å²) in [4.78, 5) is 0. The third-order valence-corrected chi connectivity index (χ3v) is 4.12. The van der Waals surface area contributed by atoms with Crippen LogP contribution in [-0.4, -0.2) is 0 Å². The van der Waals surface area contributed by atoms with E-state index in [1.165, 1.54) is 6.07 Å². The Labute approximate surface area is 133 Å². The molecule has 0 atom stereocenters. The van der Waals surface area contributed by atoms with Gasteiger partial charge in [0.25, 0.3) is 0 Å². The molecule has 2 aromatic rings. The molecule has 0 unspecified atom stereocenters. The first-order chi connectivity index (χ1) is 9.13. The smallest absolute Gasteiger partial charge is 0.148 e. The van der Waals surface area contributed by atoms with E-state index in [-0.39, 0.29) is 11.6 Å². The van der Waals surface area contributed by atoms with E-state index in [1.54, 1.807) is 12.1 Å². The van der Waals surface area contributed by atoms with Crippen molar-refractivity contribution in [3.8, 4) is 5.75 Å². The van der Waals surface area contributed by atoms with Gasteiger partial charge >= 0.3 is 0 Å². The van der Waals surface area contributed by atoms with Gasteiger partial charge < -0.3 is 4.74 Å². The maximum absolute atomic E-state index is 13.8. The van der Waals surface area contributed by atoms with Gasteiger partial charge in [0.15, 0.2) is 0 Å². The van der Waals surface area contributed by atoms with Crippen LogP contribution in [0.15, 0.2) is 40.9 Å².